The van der Waals surface area contributed by atoms with E-state index in [0.29, 0.717) is 22.6 Å². The van der Waals surface area contributed by atoms with Gasteiger partial charge < -0.3 is 20.3 Å². The molecule has 0 aliphatic carbocycles. The molecule has 0 saturated carbocycles. The Kier molecular flexibility index (Phi) is 4.29. The van der Waals surface area contributed by atoms with Gasteiger partial charge in [-0.1, -0.05) is 0 Å². The number of urea groups is 1. The van der Waals surface area contributed by atoms with E-state index in [-0.39, 0.29) is 6.03 Å². The Hall–Kier alpha value is -3.98. The Balaban J connectivity index is 1.21. The Labute approximate surface area is 184 Å². The molecule has 0 radical (unpaired) electrons. The summed E-state index contributed by atoms with van der Waals surface area (Å²) in [6.07, 6.45) is 5.18. The predicted molar refractivity (Wildman–Crippen MR) is 121 cm³/mol. The summed E-state index contributed by atoms with van der Waals surface area (Å²) in [6.45, 7) is 3.58. The molecule has 2 N–H and O–H groups in total. The fourth-order valence-corrected chi connectivity index (χ4v) is 4.19. The van der Waals surface area contributed by atoms with Crippen LogP contribution in [0.4, 0.5) is 22.0 Å². The normalized spacial score (nSPS) is 16.4. The number of carbonyl (C=O) groups is 1. The number of carbonyl (C=O) groups excluding carboxylic acids is 1. The molecule has 9 heteroatoms. The number of fused-ring (bicyclic) bond motifs is 1. The van der Waals surface area contributed by atoms with Crippen LogP contribution in [0.25, 0.3) is 16.9 Å². The molecule has 5 heterocycles. The van der Waals surface area contributed by atoms with E-state index in [4.69, 9.17) is 9.72 Å². The second kappa shape index (κ2) is 7.31. The van der Waals surface area contributed by atoms with Crippen molar-refractivity contribution in [2.45, 2.75) is 0 Å². The Morgan fingerprint density at radius 1 is 1.00 bits per heavy atom. The van der Waals surface area contributed by atoms with Crippen molar-refractivity contribution < 1.29 is 9.53 Å². The van der Waals surface area contributed by atoms with Crippen molar-refractivity contribution in [2.24, 2.45) is 5.41 Å². The van der Waals surface area contributed by atoms with Gasteiger partial charge >= 0.3 is 6.03 Å². The van der Waals surface area contributed by atoms with E-state index >= 15 is 0 Å². The van der Waals surface area contributed by atoms with E-state index in [1.54, 1.807) is 24.5 Å². The highest BCUT2D eigenvalue weighted by molar-refractivity contribution is 5.99. The number of hydrogen-bond donors (Lipinski definition) is 2. The van der Waals surface area contributed by atoms with E-state index in [1.165, 1.54) is 0 Å². The molecule has 1 aromatic carbocycles. The fourth-order valence-electron chi connectivity index (χ4n) is 4.19. The quantitative estimate of drug-likeness (QED) is 0.519. The number of rotatable bonds is 4. The first-order valence-electron chi connectivity index (χ1n) is 10.4. The summed E-state index contributed by atoms with van der Waals surface area (Å²) in [5.41, 5.74) is 3.48. The molecule has 0 bridgehead atoms. The molecule has 2 aliphatic heterocycles. The van der Waals surface area contributed by atoms with Gasteiger partial charge in [0.15, 0.2) is 11.6 Å². The van der Waals surface area contributed by atoms with Gasteiger partial charge in [-0.05, 0) is 48.5 Å². The van der Waals surface area contributed by atoms with Crippen molar-refractivity contribution in [3.8, 4) is 11.4 Å². The third-order valence-corrected chi connectivity index (χ3v) is 5.86. The van der Waals surface area contributed by atoms with Gasteiger partial charge in [-0.3, -0.25) is 4.98 Å². The molecule has 32 heavy (non-hydrogen) atoms. The number of aromatic nitrogens is 4. The smallest absolute Gasteiger partial charge is 0.323 e. The largest absolute Gasteiger partial charge is 0.380 e. The molecule has 4 aromatic rings. The van der Waals surface area contributed by atoms with Gasteiger partial charge in [0.05, 0.1) is 30.5 Å². The average molecular weight is 427 g/mol. The standard InChI is InChI=1S/C23H21N7O2/c31-22(26-18-3-1-9-24-11-18)25-17-7-5-16(6-8-17)20-27-21(19-4-2-10-30(19)28-20)29-12-23(13-29)14-32-15-23/h1-11H,12-15H2,(H2,25,26,31). The second-order valence-electron chi connectivity index (χ2n) is 8.34. The highest BCUT2D eigenvalue weighted by Crippen LogP contribution is 2.41. The van der Waals surface area contributed by atoms with Gasteiger partial charge in [0.25, 0.3) is 0 Å². The minimum atomic E-state index is -0.329. The lowest BCUT2D eigenvalue weighted by atomic mass is 9.78. The molecule has 2 amide bonds. The summed E-state index contributed by atoms with van der Waals surface area (Å²) >= 11 is 0. The molecular formula is C23H21N7O2. The van der Waals surface area contributed by atoms with Crippen molar-refractivity contribution in [3.05, 3.63) is 67.1 Å². The predicted octanol–water partition coefficient (Wildman–Crippen LogP) is 3.27. The maximum atomic E-state index is 12.2. The van der Waals surface area contributed by atoms with Gasteiger partial charge in [0.1, 0.15) is 5.52 Å². The molecule has 0 atom stereocenters. The number of amides is 2. The molecule has 6 rings (SSSR count). The van der Waals surface area contributed by atoms with Crippen LogP contribution in [0.1, 0.15) is 0 Å². The molecule has 3 aromatic heterocycles. The van der Waals surface area contributed by atoms with Crippen molar-refractivity contribution in [1.82, 2.24) is 19.6 Å². The third kappa shape index (κ3) is 3.32. The zero-order valence-electron chi connectivity index (χ0n) is 17.2. The summed E-state index contributed by atoms with van der Waals surface area (Å²) in [4.78, 5) is 23.4. The summed E-state index contributed by atoms with van der Waals surface area (Å²) < 4.78 is 7.27. The van der Waals surface area contributed by atoms with Gasteiger partial charge in [-0.25, -0.2) is 14.3 Å². The van der Waals surface area contributed by atoms with Gasteiger partial charge in [-0.2, -0.15) is 0 Å². The zero-order valence-corrected chi connectivity index (χ0v) is 17.2. The number of nitrogens with zero attached hydrogens (tertiary/aromatic N) is 5. The van der Waals surface area contributed by atoms with E-state index < -0.39 is 0 Å². The Morgan fingerprint density at radius 2 is 1.81 bits per heavy atom. The van der Waals surface area contributed by atoms with E-state index in [1.807, 2.05) is 47.1 Å². The van der Waals surface area contributed by atoms with Crippen LogP contribution in [0.15, 0.2) is 67.1 Å². The topological polar surface area (TPSA) is 96.7 Å². The molecule has 2 saturated heterocycles. The highest BCUT2D eigenvalue weighted by Gasteiger charge is 2.49. The summed E-state index contributed by atoms with van der Waals surface area (Å²) in [7, 11) is 0. The van der Waals surface area contributed by atoms with Crippen molar-refractivity contribution in [1.29, 1.82) is 0 Å². The van der Waals surface area contributed by atoms with Crippen LogP contribution in [0.5, 0.6) is 0 Å². The Morgan fingerprint density at radius 3 is 2.53 bits per heavy atom. The number of anilines is 3. The van der Waals surface area contributed by atoms with Crippen molar-refractivity contribution in [3.63, 3.8) is 0 Å². The average Bonchev–Trinajstić information content (AvgIpc) is 3.22. The van der Waals surface area contributed by atoms with Crippen molar-refractivity contribution in [2.75, 3.05) is 41.8 Å². The van der Waals surface area contributed by atoms with Crippen LogP contribution in [0.2, 0.25) is 0 Å². The van der Waals surface area contributed by atoms with E-state index in [9.17, 15) is 4.79 Å². The van der Waals surface area contributed by atoms with E-state index in [0.717, 1.165) is 43.2 Å². The summed E-state index contributed by atoms with van der Waals surface area (Å²) in [5, 5.41) is 10.2. The van der Waals surface area contributed by atoms with E-state index in [2.05, 4.69) is 25.6 Å². The minimum absolute atomic E-state index is 0.304. The van der Waals surface area contributed by atoms with Crippen LogP contribution in [0, 0.1) is 5.41 Å². The molecule has 1 spiro atoms. The molecular weight excluding hydrogens is 406 g/mol. The highest BCUT2D eigenvalue weighted by atomic mass is 16.5. The van der Waals surface area contributed by atoms with Gasteiger partial charge in [0, 0.05) is 36.7 Å². The Bertz CT molecular complexity index is 1270. The molecule has 160 valence electrons. The van der Waals surface area contributed by atoms with Crippen molar-refractivity contribution >= 4 is 28.7 Å². The van der Waals surface area contributed by atoms with Crippen LogP contribution in [-0.2, 0) is 4.74 Å². The van der Waals surface area contributed by atoms with Crippen LogP contribution in [-0.4, -0.2) is 51.9 Å². The fraction of sp³-hybridized carbons (Fsp3) is 0.217. The molecule has 2 fully saturated rings. The molecule has 0 unspecified atom stereocenters. The lowest BCUT2D eigenvalue weighted by molar-refractivity contribution is -0.127. The molecule has 2 aliphatic rings. The lowest BCUT2D eigenvalue weighted by Gasteiger charge is -2.55. The van der Waals surface area contributed by atoms with Gasteiger partial charge in [-0.15, -0.1) is 5.10 Å². The second-order valence-corrected chi connectivity index (χ2v) is 8.34. The minimum Gasteiger partial charge on any atom is -0.380 e. The number of nitrogens with one attached hydrogen (secondary N) is 2. The number of benzene rings is 1. The van der Waals surface area contributed by atoms with Crippen LogP contribution in [0.3, 0.4) is 0 Å². The lowest BCUT2D eigenvalue weighted by Crippen LogP contribution is -2.66. The SMILES string of the molecule is O=C(Nc1ccc(-c2nc(N3CC4(COC4)C3)c3cccn3n2)cc1)Nc1cccnc1. The number of ether oxygens (including phenoxy) is 1. The van der Waals surface area contributed by atoms with Crippen LogP contribution < -0.4 is 15.5 Å². The first-order valence-corrected chi connectivity index (χ1v) is 10.4. The first-order chi connectivity index (χ1) is 15.7. The summed E-state index contributed by atoms with van der Waals surface area (Å²) in [6, 6.07) is 14.7. The first kappa shape index (κ1) is 18.8. The monoisotopic (exact) mass is 427 g/mol. The maximum absolute atomic E-state index is 12.2. The third-order valence-electron chi connectivity index (χ3n) is 5.86. The summed E-state index contributed by atoms with van der Waals surface area (Å²) in [5.74, 6) is 1.58. The van der Waals surface area contributed by atoms with Crippen LogP contribution >= 0.6 is 0 Å². The number of pyridine rings is 1. The molecule has 9 nitrogen and oxygen atoms in total. The zero-order chi connectivity index (χ0) is 21.5. The number of hydrogen-bond acceptors (Lipinski definition) is 6. The van der Waals surface area contributed by atoms with Gasteiger partial charge in [0.2, 0.25) is 0 Å². The maximum Gasteiger partial charge on any atom is 0.323 e.